The van der Waals surface area contributed by atoms with E-state index >= 15 is 0 Å². The monoisotopic (exact) mass is 278 g/mol. The molecular weight excluding hydrogens is 244 g/mol. The maximum Gasteiger partial charge on any atom is 0.0124 e. The summed E-state index contributed by atoms with van der Waals surface area (Å²) in [5.74, 6) is 3.40. The lowest BCUT2D eigenvalue weighted by Gasteiger charge is -2.48. The first-order valence-corrected chi connectivity index (χ1v) is 9.14. The summed E-state index contributed by atoms with van der Waals surface area (Å²) in [5.41, 5.74) is 6.52. The third kappa shape index (κ3) is 3.06. The summed E-state index contributed by atoms with van der Waals surface area (Å²) >= 11 is 0. The highest BCUT2D eigenvalue weighted by atomic mass is 15.2. The maximum absolute atomic E-state index is 6.52. The minimum atomic E-state index is 0.442. The number of hydrogen-bond donors (Lipinski definition) is 1. The molecule has 1 heterocycles. The van der Waals surface area contributed by atoms with Crippen molar-refractivity contribution in [3.05, 3.63) is 0 Å². The van der Waals surface area contributed by atoms with Crippen molar-refractivity contribution < 1.29 is 0 Å². The average molecular weight is 278 g/mol. The molecule has 1 aliphatic heterocycles. The van der Waals surface area contributed by atoms with Crippen molar-refractivity contribution in [3.63, 3.8) is 0 Å². The van der Waals surface area contributed by atoms with Crippen LogP contribution in [0.5, 0.6) is 0 Å². The predicted octanol–water partition coefficient (Wildman–Crippen LogP) is 3.65. The Kier molecular flexibility index (Phi) is 4.72. The van der Waals surface area contributed by atoms with Crippen molar-refractivity contribution in [2.24, 2.45) is 29.4 Å². The Hall–Kier alpha value is -0.0800. The second kappa shape index (κ2) is 6.36. The van der Waals surface area contributed by atoms with E-state index < -0.39 is 0 Å². The molecule has 2 saturated carbocycles. The van der Waals surface area contributed by atoms with Crippen LogP contribution in [0.3, 0.4) is 0 Å². The second-order valence-corrected chi connectivity index (χ2v) is 8.13. The molecule has 0 amide bonds. The topological polar surface area (TPSA) is 29.3 Å². The van der Waals surface area contributed by atoms with Crippen molar-refractivity contribution in [3.8, 4) is 0 Å². The van der Waals surface area contributed by atoms with E-state index in [9.17, 15) is 0 Å². The molecule has 3 rings (SSSR count). The lowest BCUT2D eigenvalue weighted by atomic mass is 9.71. The number of fused-ring (bicyclic) bond motifs is 1. The van der Waals surface area contributed by atoms with Crippen LogP contribution in [0.15, 0.2) is 0 Å². The molecule has 2 nitrogen and oxygen atoms in total. The van der Waals surface area contributed by atoms with Gasteiger partial charge < -0.3 is 5.73 Å². The van der Waals surface area contributed by atoms with Gasteiger partial charge in [-0.05, 0) is 68.7 Å². The Morgan fingerprint density at radius 2 is 1.75 bits per heavy atom. The van der Waals surface area contributed by atoms with Crippen LogP contribution >= 0.6 is 0 Å². The number of likely N-dealkylation sites (tertiary alicyclic amines) is 1. The molecule has 2 N–H and O–H groups in total. The first-order chi connectivity index (χ1) is 9.65. The SMILES string of the molecule is CC1CC(C)C(CN2CCC[C@H]3CCCC[C@H]32)C(N)C1. The van der Waals surface area contributed by atoms with Gasteiger partial charge >= 0.3 is 0 Å². The van der Waals surface area contributed by atoms with Crippen LogP contribution in [-0.2, 0) is 0 Å². The van der Waals surface area contributed by atoms with Crippen molar-refractivity contribution in [1.82, 2.24) is 4.90 Å². The number of piperidine rings is 1. The number of nitrogens with zero attached hydrogens (tertiary/aromatic N) is 1. The van der Waals surface area contributed by atoms with E-state index in [0.29, 0.717) is 6.04 Å². The van der Waals surface area contributed by atoms with Crippen LogP contribution in [0, 0.1) is 23.7 Å². The first-order valence-electron chi connectivity index (χ1n) is 9.14. The molecule has 6 atom stereocenters. The van der Waals surface area contributed by atoms with E-state index in [0.717, 1.165) is 29.7 Å². The second-order valence-electron chi connectivity index (χ2n) is 8.13. The molecule has 2 aliphatic carbocycles. The standard InChI is InChI=1S/C18H34N2/c1-13-10-14(2)16(17(19)11-13)12-20-9-5-7-15-6-3-4-8-18(15)20/h13-18H,3-12,19H2,1-2H3/t13?,14?,15-,16?,17?,18-/m1/s1. The highest BCUT2D eigenvalue weighted by Crippen LogP contribution is 2.38. The Balaban J connectivity index is 1.63. The zero-order valence-corrected chi connectivity index (χ0v) is 13.6. The van der Waals surface area contributed by atoms with Crippen LogP contribution in [0.2, 0.25) is 0 Å². The molecule has 3 aliphatic rings. The third-order valence-electron chi connectivity index (χ3n) is 6.53. The molecule has 3 fully saturated rings. The summed E-state index contributed by atoms with van der Waals surface area (Å²) in [6, 6.07) is 1.34. The van der Waals surface area contributed by atoms with Crippen molar-refractivity contribution in [2.45, 2.75) is 77.3 Å². The van der Waals surface area contributed by atoms with Gasteiger partial charge in [-0.1, -0.05) is 26.7 Å². The number of hydrogen-bond acceptors (Lipinski definition) is 2. The molecule has 0 bridgehead atoms. The fourth-order valence-corrected chi connectivity index (χ4v) is 5.51. The summed E-state index contributed by atoms with van der Waals surface area (Å²) in [6.45, 7) is 7.45. The van der Waals surface area contributed by atoms with Gasteiger partial charge in [0.15, 0.2) is 0 Å². The highest BCUT2D eigenvalue weighted by Gasteiger charge is 2.38. The quantitative estimate of drug-likeness (QED) is 0.835. The van der Waals surface area contributed by atoms with Crippen LogP contribution in [0.1, 0.15) is 65.2 Å². The molecule has 2 heteroatoms. The molecule has 0 aromatic heterocycles. The van der Waals surface area contributed by atoms with Gasteiger partial charge in [0.2, 0.25) is 0 Å². The summed E-state index contributed by atoms with van der Waals surface area (Å²) in [4.78, 5) is 2.85. The lowest BCUT2D eigenvalue weighted by molar-refractivity contribution is 0.0245. The van der Waals surface area contributed by atoms with E-state index in [2.05, 4.69) is 18.7 Å². The molecule has 0 aromatic carbocycles. The van der Waals surface area contributed by atoms with Gasteiger partial charge in [0.1, 0.15) is 0 Å². The van der Waals surface area contributed by atoms with Crippen molar-refractivity contribution >= 4 is 0 Å². The number of rotatable bonds is 2. The van der Waals surface area contributed by atoms with Gasteiger partial charge in [0.05, 0.1) is 0 Å². The lowest BCUT2D eigenvalue weighted by Crippen LogP contribution is -2.53. The van der Waals surface area contributed by atoms with Crippen LogP contribution < -0.4 is 5.73 Å². The molecule has 0 radical (unpaired) electrons. The fraction of sp³-hybridized carbons (Fsp3) is 1.00. The molecule has 116 valence electrons. The fourth-order valence-electron chi connectivity index (χ4n) is 5.51. The largest absolute Gasteiger partial charge is 0.327 e. The Labute approximate surface area is 125 Å². The third-order valence-corrected chi connectivity index (χ3v) is 6.53. The maximum atomic E-state index is 6.52. The average Bonchev–Trinajstić information content (AvgIpc) is 2.43. The normalized spacial score (nSPS) is 47.0. The smallest absolute Gasteiger partial charge is 0.0124 e. The van der Waals surface area contributed by atoms with E-state index in [4.69, 9.17) is 5.73 Å². The molecule has 20 heavy (non-hydrogen) atoms. The van der Waals surface area contributed by atoms with Gasteiger partial charge in [-0.25, -0.2) is 0 Å². The summed E-state index contributed by atoms with van der Waals surface area (Å²) in [7, 11) is 0. The van der Waals surface area contributed by atoms with Gasteiger partial charge in [0.25, 0.3) is 0 Å². The minimum absolute atomic E-state index is 0.442. The Bertz CT molecular complexity index is 303. The van der Waals surface area contributed by atoms with Gasteiger partial charge in [-0.2, -0.15) is 0 Å². The summed E-state index contributed by atoms with van der Waals surface area (Å²) in [5, 5.41) is 0. The molecule has 1 saturated heterocycles. The first kappa shape index (κ1) is 14.8. The Morgan fingerprint density at radius 1 is 1.00 bits per heavy atom. The van der Waals surface area contributed by atoms with Gasteiger partial charge in [-0.3, -0.25) is 4.90 Å². The predicted molar refractivity (Wildman–Crippen MR) is 85.6 cm³/mol. The van der Waals surface area contributed by atoms with E-state index in [-0.39, 0.29) is 0 Å². The van der Waals surface area contributed by atoms with Crippen LogP contribution in [-0.4, -0.2) is 30.1 Å². The summed E-state index contributed by atoms with van der Waals surface area (Å²) < 4.78 is 0. The van der Waals surface area contributed by atoms with E-state index in [1.54, 1.807) is 0 Å². The molecule has 4 unspecified atom stereocenters. The van der Waals surface area contributed by atoms with E-state index in [1.165, 1.54) is 64.5 Å². The van der Waals surface area contributed by atoms with Gasteiger partial charge in [-0.15, -0.1) is 0 Å². The van der Waals surface area contributed by atoms with Crippen molar-refractivity contribution in [1.29, 1.82) is 0 Å². The van der Waals surface area contributed by atoms with E-state index in [1.807, 2.05) is 0 Å². The zero-order valence-electron chi connectivity index (χ0n) is 13.6. The van der Waals surface area contributed by atoms with Crippen LogP contribution in [0.25, 0.3) is 0 Å². The number of nitrogens with two attached hydrogens (primary N) is 1. The van der Waals surface area contributed by atoms with Crippen molar-refractivity contribution in [2.75, 3.05) is 13.1 Å². The van der Waals surface area contributed by atoms with Gasteiger partial charge in [0, 0.05) is 18.6 Å². The molecule has 0 spiro atoms. The minimum Gasteiger partial charge on any atom is -0.327 e. The van der Waals surface area contributed by atoms with Crippen LogP contribution in [0.4, 0.5) is 0 Å². The molecular formula is C18H34N2. The summed E-state index contributed by atoms with van der Waals surface area (Å²) in [6.07, 6.45) is 11.4. The zero-order chi connectivity index (χ0) is 14.1. The highest BCUT2D eigenvalue weighted by molar-refractivity contribution is 4.92. The molecule has 0 aromatic rings. The Morgan fingerprint density at radius 3 is 2.55 bits per heavy atom.